The van der Waals surface area contributed by atoms with Gasteiger partial charge in [-0.2, -0.15) is 0 Å². The quantitative estimate of drug-likeness (QED) is 0.475. The highest BCUT2D eigenvalue weighted by Gasteiger charge is 1.87. The smallest absolute Gasteiger partial charge is 0.108 e. The van der Waals surface area contributed by atoms with Gasteiger partial charge in [-0.3, -0.25) is 4.99 Å². The van der Waals surface area contributed by atoms with Gasteiger partial charge < -0.3 is 4.57 Å². The third kappa shape index (κ3) is 6.05. The molecule has 0 aromatic carbocycles. The van der Waals surface area contributed by atoms with E-state index < -0.39 is 0 Å². The van der Waals surface area contributed by atoms with Gasteiger partial charge in [-0.05, 0) is 6.42 Å². The van der Waals surface area contributed by atoms with Crippen molar-refractivity contribution in [3.8, 4) is 0 Å². The molecule has 15 heavy (non-hydrogen) atoms. The van der Waals surface area contributed by atoms with Crippen molar-refractivity contribution in [2.24, 2.45) is 4.99 Å². The van der Waals surface area contributed by atoms with Crippen LogP contribution in [-0.4, -0.2) is 22.3 Å². The lowest BCUT2D eigenvalue weighted by Crippen LogP contribution is -1.94. The third-order valence-electron chi connectivity index (χ3n) is 2.29. The average molecular weight is 206 g/mol. The molecule has 0 aliphatic carbocycles. The fourth-order valence-electron chi connectivity index (χ4n) is 1.39. The summed E-state index contributed by atoms with van der Waals surface area (Å²) in [5.41, 5.74) is 0. The molecule has 1 heterocycles. The number of unbranched alkanes of at least 4 members (excludes halogenated alkanes) is 3. The molecule has 0 spiro atoms. The molecule has 1 aromatic rings. The summed E-state index contributed by atoms with van der Waals surface area (Å²) < 4.78 is 2.02. The summed E-state index contributed by atoms with van der Waals surface area (Å²) in [4.78, 5) is 8.24. The molecule has 1 rings (SSSR count). The van der Waals surface area contributed by atoms with Gasteiger partial charge in [0.1, 0.15) is 6.20 Å². The number of hydrogen-bond donors (Lipinski definition) is 0. The normalized spacial score (nSPS) is 11.3. The van der Waals surface area contributed by atoms with Crippen molar-refractivity contribution in [1.29, 1.82) is 0 Å². The van der Waals surface area contributed by atoms with Gasteiger partial charge in [-0.15, -0.1) is 0 Å². The van der Waals surface area contributed by atoms with E-state index in [0.717, 1.165) is 19.5 Å². The maximum absolute atomic E-state index is 4.37. The number of imidazole rings is 1. The van der Waals surface area contributed by atoms with E-state index in [2.05, 4.69) is 23.1 Å². The molecule has 1 aromatic heterocycles. The topological polar surface area (TPSA) is 30.2 Å². The van der Waals surface area contributed by atoms with E-state index in [-0.39, 0.29) is 0 Å². The van der Waals surface area contributed by atoms with Crippen molar-refractivity contribution in [2.45, 2.75) is 45.6 Å². The minimum Gasteiger partial charge on any atom is -0.336 e. The zero-order chi connectivity index (χ0) is 10.8. The standard InChI is InChI=1S/C12H20N3/c1-2-3-4-5-7-13-8-6-10-15-11-9-14-12-15/h8,11-12H,2-7,10H2,1H3. The fourth-order valence-corrected chi connectivity index (χ4v) is 1.39. The van der Waals surface area contributed by atoms with Gasteiger partial charge in [-0.1, -0.05) is 26.2 Å². The number of hydrogen-bond acceptors (Lipinski definition) is 2. The highest BCUT2D eigenvalue weighted by Crippen LogP contribution is 1.98. The van der Waals surface area contributed by atoms with E-state index in [4.69, 9.17) is 0 Å². The molecular formula is C12H20N3. The summed E-state index contributed by atoms with van der Waals surface area (Å²) in [6, 6.07) is 0. The number of nitrogens with zero attached hydrogens (tertiary/aromatic N) is 3. The minimum absolute atomic E-state index is 0.953. The van der Waals surface area contributed by atoms with E-state index in [1.54, 1.807) is 6.33 Å². The van der Waals surface area contributed by atoms with Crippen molar-refractivity contribution in [1.82, 2.24) is 9.55 Å². The molecular weight excluding hydrogens is 186 g/mol. The van der Waals surface area contributed by atoms with Crippen LogP contribution in [0.1, 0.15) is 39.0 Å². The van der Waals surface area contributed by atoms with Crippen molar-refractivity contribution in [2.75, 3.05) is 6.54 Å². The predicted molar refractivity (Wildman–Crippen MR) is 63.2 cm³/mol. The van der Waals surface area contributed by atoms with Gasteiger partial charge >= 0.3 is 0 Å². The molecule has 1 radical (unpaired) electrons. The van der Waals surface area contributed by atoms with Crippen molar-refractivity contribution in [3.05, 3.63) is 18.7 Å². The summed E-state index contributed by atoms with van der Waals surface area (Å²) in [5.74, 6) is 0. The Kier molecular flexibility index (Phi) is 6.54. The fraction of sp³-hybridized carbons (Fsp3) is 0.667. The monoisotopic (exact) mass is 206 g/mol. The van der Waals surface area contributed by atoms with Gasteiger partial charge in [0.15, 0.2) is 0 Å². The van der Waals surface area contributed by atoms with E-state index in [1.165, 1.54) is 25.7 Å². The first kappa shape index (κ1) is 12.0. The van der Waals surface area contributed by atoms with E-state index in [1.807, 2.05) is 17.0 Å². The maximum atomic E-state index is 4.37. The minimum atomic E-state index is 0.953. The molecule has 0 aliphatic rings. The maximum Gasteiger partial charge on any atom is 0.108 e. The zero-order valence-electron chi connectivity index (χ0n) is 9.52. The Morgan fingerprint density at radius 1 is 1.40 bits per heavy atom. The molecule has 0 unspecified atom stereocenters. The zero-order valence-corrected chi connectivity index (χ0v) is 9.52. The van der Waals surface area contributed by atoms with E-state index >= 15 is 0 Å². The van der Waals surface area contributed by atoms with Crippen LogP contribution in [0.25, 0.3) is 0 Å². The van der Waals surface area contributed by atoms with Crippen LogP contribution in [-0.2, 0) is 6.54 Å². The number of aromatic nitrogens is 2. The first-order valence-corrected chi connectivity index (χ1v) is 5.79. The van der Waals surface area contributed by atoms with E-state index in [9.17, 15) is 0 Å². The number of aliphatic imine (C=N–C) groups is 1. The molecule has 0 amide bonds. The number of aryl methyl sites for hydroxylation is 1. The summed E-state index contributed by atoms with van der Waals surface area (Å²) in [5, 5.41) is 0. The lowest BCUT2D eigenvalue weighted by molar-refractivity contribution is 0.673. The molecule has 0 saturated heterocycles. The number of rotatable bonds is 8. The Morgan fingerprint density at radius 3 is 3.07 bits per heavy atom. The Hall–Kier alpha value is -1.12. The van der Waals surface area contributed by atoms with Crippen LogP contribution in [0.4, 0.5) is 0 Å². The molecule has 0 fully saturated rings. The summed E-state index contributed by atoms with van der Waals surface area (Å²) in [6.07, 6.45) is 14.6. The van der Waals surface area contributed by atoms with Gasteiger partial charge in [0, 0.05) is 31.9 Å². The van der Waals surface area contributed by atoms with Crippen LogP contribution in [0.15, 0.2) is 17.5 Å². The van der Waals surface area contributed by atoms with Crippen LogP contribution < -0.4 is 0 Å². The first-order valence-electron chi connectivity index (χ1n) is 5.79. The second-order valence-electron chi connectivity index (χ2n) is 3.68. The second kappa shape index (κ2) is 8.21. The summed E-state index contributed by atoms with van der Waals surface area (Å²) >= 11 is 0. The lowest BCUT2D eigenvalue weighted by atomic mass is 10.2. The summed E-state index contributed by atoms with van der Waals surface area (Å²) in [6.45, 7) is 4.16. The first-order chi connectivity index (χ1) is 7.43. The van der Waals surface area contributed by atoms with Crippen molar-refractivity contribution < 1.29 is 0 Å². The van der Waals surface area contributed by atoms with Crippen LogP contribution in [0.3, 0.4) is 0 Å². The largest absolute Gasteiger partial charge is 0.336 e. The van der Waals surface area contributed by atoms with Crippen molar-refractivity contribution >= 4 is 6.21 Å². The van der Waals surface area contributed by atoms with Crippen LogP contribution >= 0.6 is 0 Å². The van der Waals surface area contributed by atoms with Gasteiger partial charge in [0.2, 0.25) is 0 Å². The molecule has 0 bridgehead atoms. The Balaban J connectivity index is 1.93. The second-order valence-corrected chi connectivity index (χ2v) is 3.68. The Labute approximate surface area is 92.2 Å². The molecule has 3 nitrogen and oxygen atoms in total. The van der Waals surface area contributed by atoms with Crippen LogP contribution in [0.5, 0.6) is 0 Å². The molecule has 0 aliphatic heterocycles. The molecule has 0 saturated carbocycles. The third-order valence-corrected chi connectivity index (χ3v) is 2.29. The molecule has 0 N–H and O–H groups in total. The highest BCUT2D eigenvalue weighted by atomic mass is 15.0. The molecule has 0 atom stereocenters. The average Bonchev–Trinajstić information content (AvgIpc) is 2.75. The highest BCUT2D eigenvalue weighted by molar-refractivity contribution is 5.56. The van der Waals surface area contributed by atoms with Crippen molar-refractivity contribution in [3.63, 3.8) is 0 Å². The van der Waals surface area contributed by atoms with Gasteiger partial charge in [-0.25, -0.2) is 4.98 Å². The Bertz CT molecular complexity index is 252. The Morgan fingerprint density at radius 2 is 2.33 bits per heavy atom. The van der Waals surface area contributed by atoms with Crippen LogP contribution in [0.2, 0.25) is 0 Å². The van der Waals surface area contributed by atoms with Gasteiger partial charge in [0.05, 0.1) is 6.33 Å². The van der Waals surface area contributed by atoms with Crippen LogP contribution in [0, 0.1) is 6.20 Å². The lowest BCUT2D eigenvalue weighted by Gasteiger charge is -1.97. The van der Waals surface area contributed by atoms with Gasteiger partial charge in [0.25, 0.3) is 0 Å². The predicted octanol–water partition coefficient (Wildman–Crippen LogP) is 2.72. The SMILES string of the molecule is CCCCCCN=CCCn1c[c]nc1. The molecule has 3 heteroatoms. The van der Waals surface area contributed by atoms with E-state index in [0.29, 0.717) is 0 Å². The summed E-state index contributed by atoms with van der Waals surface area (Å²) in [7, 11) is 0. The molecule has 83 valence electrons.